The van der Waals surface area contributed by atoms with Crippen LogP contribution in [0.4, 0.5) is 0 Å². The molecule has 0 aliphatic heterocycles. The predicted molar refractivity (Wildman–Crippen MR) is 112 cm³/mol. The van der Waals surface area contributed by atoms with Crippen LogP contribution in [0.25, 0.3) is 22.4 Å². The normalized spacial score (nSPS) is 10.9. The SMILES string of the molecule is COc1ccc(-c2nc3ccccc3[nH]2)cc1COc1ccc(Cl)cc1Br. The van der Waals surface area contributed by atoms with Crippen molar-refractivity contribution in [1.29, 1.82) is 0 Å². The monoisotopic (exact) mass is 442 g/mol. The van der Waals surface area contributed by atoms with Gasteiger partial charge in [0.05, 0.1) is 22.6 Å². The summed E-state index contributed by atoms with van der Waals surface area (Å²) in [4.78, 5) is 8.01. The van der Waals surface area contributed by atoms with Crippen molar-refractivity contribution in [1.82, 2.24) is 9.97 Å². The number of H-pyrrole nitrogens is 1. The number of methoxy groups -OCH3 is 1. The van der Waals surface area contributed by atoms with Gasteiger partial charge in [-0.25, -0.2) is 4.98 Å². The lowest BCUT2D eigenvalue weighted by molar-refractivity contribution is 0.295. The molecular formula is C21H16BrClN2O2. The molecule has 0 unspecified atom stereocenters. The zero-order valence-corrected chi connectivity index (χ0v) is 16.8. The standard InChI is InChI=1S/C21H16BrClN2O2/c1-26-19-8-6-13(21-24-17-4-2-3-5-18(17)25-21)10-14(19)12-27-20-9-7-15(23)11-16(20)22/h2-11H,12H2,1H3,(H,24,25). The van der Waals surface area contributed by atoms with E-state index in [9.17, 15) is 0 Å². The van der Waals surface area contributed by atoms with Gasteiger partial charge in [-0.2, -0.15) is 0 Å². The van der Waals surface area contributed by atoms with Gasteiger partial charge in [-0.3, -0.25) is 0 Å². The highest BCUT2D eigenvalue weighted by molar-refractivity contribution is 9.10. The fourth-order valence-corrected chi connectivity index (χ4v) is 3.67. The van der Waals surface area contributed by atoms with E-state index in [0.717, 1.165) is 44.0 Å². The van der Waals surface area contributed by atoms with Gasteiger partial charge in [0, 0.05) is 16.1 Å². The summed E-state index contributed by atoms with van der Waals surface area (Å²) in [5, 5.41) is 0.652. The molecular weight excluding hydrogens is 428 g/mol. The summed E-state index contributed by atoms with van der Waals surface area (Å²) in [6.45, 7) is 0.359. The van der Waals surface area contributed by atoms with Crippen molar-refractivity contribution >= 4 is 38.6 Å². The quantitative estimate of drug-likeness (QED) is 0.397. The first-order chi connectivity index (χ1) is 13.1. The fraction of sp³-hybridized carbons (Fsp3) is 0.0952. The summed E-state index contributed by atoms with van der Waals surface area (Å²) < 4.78 is 12.3. The van der Waals surface area contributed by atoms with Gasteiger partial charge in [0.25, 0.3) is 0 Å². The number of hydrogen-bond acceptors (Lipinski definition) is 3. The van der Waals surface area contributed by atoms with Crippen LogP contribution in [0.3, 0.4) is 0 Å². The summed E-state index contributed by atoms with van der Waals surface area (Å²) in [7, 11) is 1.65. The van der Waals surface area contributed by atoms with Crippen molar-refractivity contribution in [2.75, 3.05) is 7.11 Å². The Bertz CT molecular complexity index is 1080. The number of benzene rings is 3. The average molecular weight is 444 g/mol. The highest BCUT2D eigenvalue weighted by Crippen LogP contribution is 2.31. The number of nitrogens with one attached hydrogen (secondary N) is 1. The van der Waals surface area contributed by atoms with Crippen molar-refractivity contribution in [3.05, 3.63) is 75.7 Å². The maximum absolute atomic E-state index is 5.99. The van der Waals surface area contributed by atoms with Crippen LogP contribution in [0.15, 0.2) is 65.1 Å². The van der Waals surface area contributed by atoms with Crippen molar-refractivity contribution < 1.29 is 9.47 Å². The van der Waals surface area contributed by atoms with Gasteiger partial charge < -0.3 is 14.5 Å². The van der Waals surface area contributed by atoms with E-state index in [1.165, 1.54) is 0 Å². The van der Waals surface area contributed by atoms with Gasteiger partial charge >= 0.3 is 0 Å². The Morgan fingerprint density at radius 2 is 1.85 bits per heavy atom. The van der Waals surface area contributed by atoms with Gasteiger partial charge in [-0.05, 0) is 64.5 Å². The molecule has 0 atom stereocenters. The number of fused-ring (bicyclic) bond motifs is 1. The van der Waals surface area contributed by atoms with E-state index in [0.29, 0.717) is 11.6 Å². The summed E-state index contributed by atoms with van der Waals surface area (Å²) in [6, 6.07) is 19.3. The average Bonchev–Trinajstić information content (AvgIpc) is 3.11. The van der Waals surface area contributed by atoms with E-state index in [1.807, 2.05) is 48.5 Å². The van der Waals surface area contributed by atoms with Gasteiger partial charge in [0.1, 0.15) is 23.9 Å². The molecule has 0 saturated heterocycles. The molecule has 0 bridgehead atoms. The molecule has 27 heavy (non-hydrogen) atoms. The summed E-state index contributed by atoms with van der Waals surface area (Å²) >= 11 is 9.46. The first-order valence-corrected chi connectivity index (χ1v) is 9.51. The molecule has 0 fully saturated rings. The minimum absolute atomic E-state index is 0.359. The second-order valence-electron chi connectivity index (χ2n) is 5.99. The molecule has 0 spiro atoms. The molecule has 0 aliphatic carbocycles. The number of aromatic nitrogens is 2. The van der Waals surface area contributed by atoms with Crippen LogP contribution in [0.1, 0.15) is 5.56 Å². The number of hydrogen-bond donors (Lipinski definition) is 1. The molecule has 1 N–H and O–H groups in total. The minimum atomic E-state index is 0.359. The fourth-order valence-electron chi connectivity index (χ4n) is 2.88. The second kappa shape index (κ2) is 7.62. The van der Waals surface area contributed by atoms with Crippen molar-refractivity contribution in [3.8, 4) is 22.9 Å². The lowest BCUT2D eigenvalue weighted by atomic mass is 10.1. The summed E-state index contributed by atoms with van der Waals surface area (Å²) in [5.41, 5.74) is 3.84. The number of aromatic amines is 1. The van der Waals surface area contributed by atoms with E-state index in [2.05, 4.69) is 25.9 Å². The lowest BCUT2D eigenvalue weighted by Crippen LogP contribution is -2.00. The maximum atomic E-state index is 5.99. The molecule has 1 aromatic heterocycles. The predicted octanol–water partition coefficient (Wildman–Crippen LogP) is 6.23. The Kier molecular flexibility index (Phi) is 5.05. The molecule has 3 aromatic carbocycles. The molecule has 1 heterocycles. The smallest absolute Gasteiger partial charge is 0.138 e. The molecule has 6 heteroatoms. The Hall–Kier alpha value is -2.50. The molecule has 0 aliphatic rings. The van der Waals surface area contributed by atoms with Gasteiger partial charge in [-0.1, -0.05) is 23.7 Å². The summed E-state index contributed by atoms with van der Waals surface area (Å²) in [6.07, 6.45) is 0. The second-order valence-corrected chi connectivity index (χ2v) is 7.28. The number of halogens is 2. The first-order valence-electron chi connectivity index (χ1n) is 8.34. The van der Waals surface area contributed by atoms with E-state index >= 15 is 0 Å². The molecule has 136 valence electrons. The third kappa shape index (κ3) is 3.80. The first kappa shape index (κ1) is 17.9. The number of rotatable bonds is 5. The Morgan fingerprint density at radius 1 is 1.04 bits per heavy atom. The largest absolute Gasteiger partial charge is 0.496 e. The number of nitrogens with zero attached hydrogens (tertiary/aromatic N) is 1. The van der Waals surface area contributed by atoms with Crippen LogP contribution in [0, 0.1) is 0 Å². The van der Waals surface area contributed by atoms with E-state index in [-0.39, 0.29) is 0 Å². The molecule has 4 aromatic rings. The van der Waals surface area contributed by atoms with Crippen LogP contribution in [-0.2, 0) is 6.61 Å². The van der Waals surface area contributed by atoms with E-state index < -0.39 is 0 Å². The van der Waals surface area contributed by atoms with Crippen LogP contribution in [0.2, 0.25) is 5.02 Å². The maximum Gasteiger partial charge on any atom is 0.138 e. The molecule has 0 saturated carbocycles. The zero-order valence-electron chi connectivity index (χ0n) is 14.5. The lowest BCUT2D eigenvalue weighted by Gasteiger charge is -2.12. The minimum Gasteiger partial charge on any atom is -0.496 e. The number of imidazole rings is 1. The number of para-hydroxylation sites is 2. The van der Waals surface area contributed by atoms with Crippen molar-refractivity contribution in [3.63, 3.8) is 0 Å². The topological polar surface area (TPSA) is 47.1 Å². The van der Waals surface area contributed by atoms with Crippen molar-refractivity contribution in [2.45, 2.75) is 6.61 Å². The Balaban J connectivity index is 1.64. The number of ether oxygens (including phenoxy) is 2. The van der Waals surface area contributed by atoms with Crippen LogP contribution in [0.5, 0.6) is 11.5 Å². The molecule has 0 amide bonds. The van der Waals surface area contributed by atoms with Gasteiger partial charge in [0.15, 0.2) is 0 Å². The summed E-state index contributed by atoms with van der Waals surface area (Å²) in [5.74, 6) is 2.29. The van der Waals surface area contributed by atoms with Gasteiger partial charge in [-0.15, -0.1) is 0 Å². The van der Waals surface area contributed by atoms with E-state index in [1.54, 1.807) is 19.2 Å². The molecule has 4 nitrogen and oxygen atoms in total. The Labute approximate surface area is 170 Å². The molecule has 0 radical (unpaired) electrons. The van der Waals surface area contributed by atoms with E-state index in [4.69, 9.17) is 21.1 Å². The van der Waals surface area contributed by atoms with Crippen LogP contribution < -0.4 is 9.47 Å². The molecule has 4 rings (SSSR count). The third-order valence-corrected chi connectivity index (χ3v) is 5.08. The van der Waals surface area contributed by atoms with Crippen molar-refractivity contribution in [2.24, 2.45) is 0 Å². The highest BCUT2D eigenvalue weighted by atomic mass is 79.9. The third-order valence-electron chi connectivity index (χ3n) is 4.22. The zero-order chi connectivity index (χ0) is 18.8. The van der Waals surface area contributed by atoms with Crippen LogP contribution >= 0.6 is 27.5 Å². The van der Waals surface area contributed by atoms with Gasteiger partial charge in [0.2, 0.25) is 0 Å². The Morgan fingerprint density at radius 3 is 2.63 bits per heavy atom. The van der Waals surface area contributed by atoms with Crippen LogP contribution in [-0.4, -0.2) is 17.1 Å². The highest BCUT2D eigenvalue weighted by Gasteiger charge is 2.11.